The molecule has 2 fully saturated rings. The number of hydrogen-bond donors (Lipinski definition) is 2. The van der Waals surface area contributed by atoms with Crippen LogP contribution in [0.1, 0.15) is 64.4 Å². The Morgan fingerprint density at radius 2 is 1.82 bits per heavy atom. The van der Waals surface area contributed by atoms with Crippen molar-refractivity contribution in [1.29, 1.82) is 0 Å². The van der Waals surface area contributed by atoms with Gasteiger partial charge in [0.15, 0.2) is 11.5 Å². The van der Waals surface area contributed by atoms with Crippen LogP contribution in [0, 0.1) is 0 Å². The SMILES string of the molecule is CCCN1CC[C@]23c4c5ccc(O)c4O[C@H]2[C@H](N2C(=O)c4ccccc4C2=O)CCC3(O)[C@H]1C5. The lowest BCUT2D eigenvalue weighted by Crippen LogP contribution is -2.78. The number of hydrogen-bond acceptors (Lipinski definition) is 6. The molecule has 5 atom stereocenters. The molecule has 3 aliphatic heterocycles. The highest BCUT2D eigenvalue weighted by atomic mass is 16.5. The molecule has 2 bridgehead atoms. The number of likely N-dealkylation sites (tertiary alicyclic amines) is 1. The van der Waals surface area contributed by atoms with Crippen LogP contribution in [0.2, 0.25) is 0 Å². The molecule has 5 aliphatic rings. The van der Waals surface area contributed by atoms with E-state index in [1.807, 2.05) is 6.07 Å². The first-order valence-corrected chi connectivity index (χ1v) is 12.4. The monoisotopic (exact) mass is 460 g/mol. The molecule has 2 aromatic carbocycles. The Labute approximate surface area is 197 Å². The molecule has 2 aliphatic carbocycles. The Morgan fingerprint density at radius 1 is 1.09 bits per heavy atom. The molecule has 7 rings (SSSR count). The van der Waals surface area contributed by atoms with Crippen molar-refractivity contribution >= 4 is 11.8 Å². The molecule has 176 valence electrons. The molecule has 3 heterocycles. The number of imide groups is 1. The summed E-state index contributed by atoms with van der Waals surface area (Å²) in [6, 6.07) is 9.99. The van der Waals surface area contributed by atoms with E-state index in [2.05, 4.69) is 11.8 Å². The maximum atomic E-state index is 13.4. The van der Waals surface area contributed by atoms with Crippen LogP contribution in [-0.2, 0) is 11.8 Å². The zero-order chi connectivity index (χ0) is 23.4. The molecule has 2 amide bonds. The summed E-state index contributed by atoms with van der Waals surface area (Å²) in [7, 11) is 0. The van der Waals surface area contributed by atoms with Crippen molar-refractivity contribution in [1.82, 2.24) is 9.80 Å². The van der Waals surface area contributed by atoms with Crippen molar-refractivity contribution in [2.75, 3.05) is 13.1 Å². The summed E-state index contributed by atoms with van der Waals surface area (Å²) >= 11 is 0. The van der Waals surface area contributed by atoms with E-state index in [1.165, 1.54) is 4.90 Å². The van der Waals surface area contributed by atoms with Crippen LogP contribution in [0.4, 0.5) is 0 Å². The Balaban J connectivity index is 1.40. The maximum absolute atomic E-state index is 13.4. The number of rotatable bonds is 3. The van der Waals surface area contributed by atoms with Gasteiger partial charge in [0.2, 0.25) is 0 Å². The Kier molecular flexibility index (Phi) is 3.98. The number of carbonyl (C=O) groups excluding carboxylic acids is 2. The average Bonchev–Trinajstić information content (AvgIpc) is 3.31. The fourth-order valence-electron chi connectivity index (χ4n) is 7.93. The first-order chi connectivity index (χ1) is 16.4. The molecule has 34 heavy (non-hydrogen) atoms. The number of ether oxygens (including phenoxy) is 1. The highest BCUT2D eigenvalue weighted by molar-refractivity contribution is 6.21. The van der Waals surface area contributed by atoms with Crippen molar-refractivity contribution in [3.8, 4) is 11.5 Å². The second kappa shape index (κ2) is 6.61. The number of aromatic hydroxyl groups is 1. The summed E-state index contributed by atoms with van der Waals surface area (Å²) in [6.45, 7) is 3.88. The van der Waals surface area contributed by atoms with Gasteiger partial charge in [0, 0.05) is 11.6 Å². The Bertz CT molecular complexity index is 1220. The predicted octanol–water partition coefficient (Wildman–Crippen LogP) is 2.62. The van der Waals surface area contributed by atoms with Crippen molar-refractivity contribution in [2.24, 2.45) is 0 Å². The fraction of sp³-hybridized carbons (Fsp3) is 0.481. The van der Waals surface area contributed by atoms with E-state index < -0.39 is 23.2 Å². The number of piperidine rings is 1. The summed E-state index contributed by atoms with van der Waals surface area (Å²) in [5.41, 5.74) is 1.02. The number of benzene rings is 2. The number of aliphatic hydroxyl groups is 1. The van der Waals surface area contributed by atoms with E-state index in [0.29, 0.717) is 42.6 Å². The first-order valence-electron chi connectivity index (χ1n) is 12.4. The minimum absolute atomic E-state index is 0.0559. The largest absolute Gasteiger partial charge is 0.504 e. The lowest BCUT2D eigenvalue weighted by molar-refractivity contribution is -0.195. The van der Waals surface area contributed by atoms with Crippen molar-refractivity contribution in [2.45, 2.75) is 68.2 Å². The lowest BCUT2D eigenvalue weighted by atomic mass is 9.48. The minimum atomic E-state index is -1.05. The van der Waals surface area contributed by atoms with E-state index in [1.54, 1.807) is 30.3 Å². The number of phenolic OH excluding ortho intramolecular Hbond substituents is 1. The topological polar surface area (TPSA) is 90.3 Å². The third kappa shape index (κ3) is 2.16. The van der Waals surface area contributed by atoms with Gasteiger partial charge in [0.25, 0.3) is 11.8 Å². The first kappa shape index (κ1) is 20.5. The smallest absolute Gasteiger partial charge is 0.261 e. The predicted molar refractivity (Wildman–Crippen MR) is 123 cm³/mol. The fourth-order valence-corrected chi connectivity index (χ4v) is 7.93. The number of carbonyl (C=O) groups is 2. The summed E-state index contributed by atoms with van der Waals surface area (Å²) in [4.78, 5) is 30.6. The molecule has 1 unspecified atom stereocenters. The molecule has 1 saturated carbocycles. The maximum Gasteiger partial charge on any atom is 0.261 e. The Hall–Kier alpha value is -2.90. The van der Waals surface area contributed by atoms with Gasteiger partial charge in [0.1, 0.15) is 6.10 Å². The summed E-state index contributed by atoms with van der Waals surface area (Å²) in [5, 5.41) is 23.2. The molecule has 0 radical (unpaired) electrons. The minimum Gasteiger partial charge on any atom is -0.504 e. The van der Waals surface area contributed by atoms with Gasteiger partial charge < -0.3 is 14.9 Å². The molecule has 2 N–H and O–H groups in total. The molecule has 2 aromatic rings. The van der Waals surface area contributed by atoms with Gasteiger partial charge in [-0.3, -0.25) is 19.4 Å². The van der Waals surface area contributed by atoms with Crippen LogP contribution in [-0.4, -0.2) is 68.7 Å². The molecule has 7 heteroatoms. The van der Waals surface area contributed by atoms with Gasteiger partial charge in [0.05, 0.1) is 28.2 Å². The zero-order valence-corrected chi connectivity index (χ0v) is 19.2. The number of fused-ring (bicyclic) bond motifs is 1. The molecular weight excluding hydrogens is 432 g/mol. The van der Waals surface area contributed by atoms with Gasteiger partial charge in [-0.1, -0.05) is 25.1 Å². The van der Waals surface area contributed by atoms with Gasteiger partial charge in [-0.05, 0) is 69.0 Å². The third-order valence-electron chi connectivity index (χ3n) is 9.21. The molecule has 7 nitrogen and oxygen atoms in total. The van der Waals surface area contributed by atoms with E-state index in [4.69, 9.17) is 4.74 Å². The second-order valence-electron chi connectivity index (χ2n) is 10.5. The summed E-state index contributed by atoms with van der Waals surface area (Å²) in [6.07, 6.45) is 2.72. The van der Waals surface area contributed by atoms with Crippen LogP contribution in [0.15, 0.2) is 36.4 Å². The van der Waals surface area contributed by atoms with Gasteiger partial charge in [-0.25, -0.2) is 0 Å². The molecular formula is C27H28N2O5. The standard InChI is InChI=1S/C27H28N2O5/c1-2-12-28-13-11-26-21-15-7-8-19(30)22(21)34-23(26)18(9-10-27(26,33)20(28)14-15)29-24(31)16-5-3-4-6-17(16)25(29)32/h3-8,18,20,23,30,33H,2,9-14H2,1H3/t18-,20-,23+,26+,27?/m1/s1. The van der Waals surface area contributed by atoms with Gasteiger partial charge in [-0.2, -0.15) is 0 Å². The van der Waals surface area contributed by atoms with Crippen LogP contribution < -0.4 is 4.74 Å². The second-order valence-corrected chi connectivity index (χ2v) is 10.5. The molecule has 1 saturated heterocycles. The van der Waals surface area contributed by atoms with E-state index in [0.717, 1.165) is 30.6 Å². The van der Waals surface area contributed by atoms with Crippen molar-refractivity contribution in [3.63, 3.8) is 0 Å². The summed E-state index contributed by atoms with van der Waals surface area (Å²) in [5.74, 6) is -0.119. The van der Waals surface area contributed by atoms with Crippen molar-refractivity contribution in [3.05, 3.63) is 58.7 Å². The number of nitrogens with zero attached hydrogens (tertiary/aromatic N) is 2. The molecule has 0 aromatic heterocycles. The zero-order valence-electron chi connectivity index (χ0n) is 19.2. The van der Waals surface area contributed by atoms with Crippen LogP contribution >= 0.6 is 0 Å². The number of amides is 2. The highest BCUT2D eigenvalue weighted by Crippen LogP contribution is 2.66. The van der Waals surface area contributed by atoms with Crippen molar-refractivity contribution < 1.29 is 24.5 Å². The quantitative estimate of drug-likeness (QED) is 0.685. The highest BCUT2D eigenvalue weighted by Gasteiger charge is 2.74. The van der Waals surface area contributed by atoms with E-state index >= 15 is 0 Å². The van der Waals surface area contributed by atoms with Crippen LogP contribution in [0.25, 0.3) is 0 Å². The third-order valence-corrected chi connectivity index (χ3v) is 9.21. The Morgan fingerprint density at radius 3 is 2.53 bits per heavy atom. The van der Waals surface area contributed by atoms with E-state index in [9.17, 15) is 19.8 Å². The lowest BCUT2D eigenvalue weighted by Gasteiger charge is -2.64. The van der Waals surface area contributed by atoms with E-state index in [-0.39, 0.29) is 23.6 Å². The van der Waals surface area contributed by atoms with Gasteiger partial charge >= 0.3 is 0 Å². The normalized spacial score (nSPS) is 35.2. The van der Waals surface area contributed by atoms with Crippen LogP contribution in [0.3, 0.4) is 0 Å². The average molecular weight is 461 g/mol. The number of phenols is 1. The molecule has 1 spiro atoms. The van der Waals surface area contributed by atoms with Crippen LogP contribution in [0.5, 0.6) is 11.5 Å². The van der Waals surface area contributed by atoms with Gasteiger partial charge in [-0.15, -0.1) is 0 Å². The summed E-state index contributed by atoms with van der Waals surface area (Å²) < 4.78 is 6.52.